The molecule has 2 N–H and O–H groups in total. The summed E-state index contributed by atoms with van der Waals surface area (Å²) in [6.07, 6.45) is 1.39. The van der Waals surface area contributed by atoms with Crippen LogP contribution in [0.3, 0.4) is 0 Å². The predicted octanol–water partition coefficient (Wildman–Crippen LogP) is 4.30. The first-order valence-corrected chi connectivity index (χ1v) is 11.1. The van der Waals surface area contributed by atoms with Gasteiger partial charge in [0.1, 0.15) is 12.4 Å². The van der Waals surface area contributed by atoms with Gasteiger partial charge in [0, 0.05) is 6.54 Å². The van der Waals surface area contributed by atoms with Crippen LogP contribution in [0.25, 0.3) is 0 Å². The highest BCUT2D eigenvalue weighted by molar-refractivity contribution is 6.35. The van der Waals surface area contributed by atoms with Gasteiger partial charge in [-0.15, -0.1) is 0 Å². The summed E-state index contributed by atoms with van der Waals surface area (Å²) in [7, 11) is 1.50. The third-order valence-electron chi connectivity index (χ3n) is 5.18. The van der Waals surface area contributed by atoms with Crippen molar-refractivity contribution in [3.05, 3.63) is 94.8 Å². The number of amides is 2. The number of halogens is 1. The van der Waals surface area contributed by atoms with Crippen molar-refractivity contribution in [2.75, 3.05) is 7.11 Å². The summed E-state index contributed by atoms with van der Waals surface area (Å²) in [4.78, 5) is 24.0. The minimum absolute atomic E-state index is 0.241. The zero-order valence-electron chi connectivity index (χ0n) is 19.9. The normalized spacial score (nSPS) is 10.9. The van der Waals surface area contributed by atoms with Gasteiger partial charge >= 0.3 is 11.8 Å². The Kier molecular flexibility index (Phi) is 8.95. The molecule has 0 aromatic heterocycles. The van der Waals surface area contributed by atoms with Crippen molar-refractivity contribution >= 4 is 18.0 Å². The summed E-state index contributed by atoms with van der Waals surface area (Å²) in [5.74, 6) is -0.575. The molecule has 0 fully saturated rings. The fraction of sp³-hybridized carbons (Fsp3) is 0.222. The number of methoxy groups -OCH3 is 1. The van der Waals surface area contributed by atoms with E-state index in [1.807, 2.05) is 24.3 Å². The highest BCUT2D eigenvalue weighted by atomic mass is 19.1. The number of carbonyl (C=O) groups is 2. The van der Waals surface area contributed by atoms with E-state index in [9.17, 15) is 14.0 Å². The average Bonchev–Trinajstić information content (AvgIpc) is 2.87. The lowest BCUT2D eigenvalue weighted by atomic mass is 10.0. The Labute approximate surface area is 204 Å². The van der Waals surface area contributed by atoms with Gasteiger partial charge in [0.05, 0.1) is 13.3 Å². The molecule has 0 spiro atoms. The van der Waals surface area contributed by atoms with Crippen molar-refractivity contribution in [3.63, 3.8) is 0 Å². The number of hydrogen-bond acceptors (Lipinski definition) is 5. The molecule has 0 unspecified atom stereocenters. The molecule has 8 heteroatoms. The minimum Gasteiger partial charge on any atom is -0.493 e. The highest BCUT2D eigenvalue weighted by Crippen LogP contribution is 2.28. The molecule has 2 amide bonds. The first-order valence-electron chi connectivity index (χ1n) is 11.1. The van der Waals surface area contributed by atoms with Gasteiger partial charge in [-0.2, -0.15) is 5.10 Å². The van der Waals surface area contributed by atoms with E-state index in [4.69, 9.17) is 9.47 Å². The quantitative estimate of drug-likeness (QED) is 0.273. The Morgan fingerprint density at radius 3 is 2.29 bits per heavy atom. The molecule has 35 heavy (non-hydrogen) atoms. The molecular formula is C27H28FN3O4. The standard InChI is InChI=1S/C27H28FN3O4/c1-18(2)22-9-4-19(5-10-22)15-29-26(32)27(33)31-30-16-21-8-13-24(25(14-21)34-3)35-17-20-6-11-23(28)12-7-20/h4-14,16,18H,15,17H2,1-3H3,(H,29,32)(H,31,33)/b30-16-. The lowest BCUT2D eigenvalue weighted by Crippen LogP contribution is -2.37. The van der Waals surface area contributed by atoms with Crippen LogP contribution >= 0.6 is 0 Å². The molecular weight excluding hydrogens is 449 g/mol. The van der Waals surface area contributed by atoms with Crippen LogP contribution in [0.15, 0.2) is 71.8 Å². The Hall–Kier alpha value is -4.20. The molecule has 0 heterocycles. The molecule has 0 aliphatic rings. The summed E-state index contributed by atoms with van der Waals surface area (Å²) in [5, 5.41) is 6.41. The van der Waals surface area contributed by atoms with E-state index in [-0.39, 0.29) is 19.0 Å². The molecule has 3 aromatic carbocycles. The topological polar surface area (TPSA) is 89.0 Å². The first-order chi connectivity index (χ1) is 16.9. The van der Waals surface area contributed by atoms with Gasteiger partial charge in [0.2, 0.25) is 0 Å². The maximum atomic E-state index is 13.0. The molecule has 0 atom stereocenters. The second-order valence-electron chi connectivity index (χ2n) is 8.10. The van der Waals surface area contributed by atoms with Crippen LogP contribution in [-0.4, -0.2) is 25.1 Å². The molecule has 0 saturated heterocycles. The smallest absolute Gasteiger partial charge is 0.329 e. The summed E-state index contributed by atoms with van der Waals surface area (Å²) in [6, 6.07) is 19.0. The van der Waals surface area contributed by atoms with Gasteiger partial charge in [0.15, 0.2) is 11.5 Å². The van der Waals surface area contributed by atoms with Crippen LogP contribution < -0.4 is 20.2 Å². The molecule has 0 radical (unpaired) electrons. The fourth-order valence-corrected chi connectivity index (χ4v) is 3.12. The van der Waals surface area contributed by atoms with E-state index in [2.05, 4.69) is 29.7 Å². The highest BCUT2D eigenvalue weighted by Gasteiger charge is 2.12. The Morgan fingerprint density at radius 2 is 1.63 bits per heavy atom. The van der Waals surface area contributed by atoms with Crippen LogP contribution in [0.1, 0.15) is 42.0 Å². The lowest BCUT2D eigenvalue weighted by molar-refractivity contribution is -0.139. The Balaban J connectivity index is 1.49. The number of ether oxygens (including phenoxy) is 2. The fourth-order valence-electron chi connectivity index (χ4n) is 3.12. The number of rotatable bonds is 9. The molecule has 3 rings (SSSR count). The van der Waals surface area contributed by atoms with Crippen molar-refractivity contribution in [1.82, 2.24) is 10.7 Å². The third-order valence-corrected chi connectivity index (χ3v) is 5.18. The molecule has 182 valence electrons. The largest absolute Gasteiger partial charge is 0.493 e. The molecule has 0 saturated carbocycles. The van der Waals surface area contributed by atoms with Crippen molar-refractivity contribution < 1.29 is 23.5 Å². The zero-order chi connectivity index (χ0) is 25.2. The summed E-state index contributed by atoms with van der Waals surface area (Å²) in [5.41, 5.74) is 5.75. The summed E-state index contributed by atoms with van der Waals surface area (Å²) in [6.45, 7) is 4.70. The van der Waals surface area contributed by atoms with E-state index < -0.39 is 11.8 Å². The monoisotopic (exact) mass is 477 g/mol. The molecule has 3 aromatic rings. The first kappa shape index (κ1) is 25.4. The number of carbonyl (C=O) groups excluding carboxylic acids is 2. The number of benzene rings is 3. The third kappa shape index (κ3) is 7.67. The van der Waals surface area contributed by atoms with Crippen LogP contribution in [0.4, 0.5) is 4.39 Å². The van der Waals surface area contributed by atoms with Gasteiger partial charge in [0.25, 0.3) is 0 Å². The summed E-state index contributed by atoms with van der Waals surface area (Å²) < 4.78 is 24.1. The van der Waals surface area contributed by atoms with E-state index >= 15 is 0 Å². The molecule has 0 aliphatic heterocycles. The maximum Gasteiger partial charge on any atom is 0.329 e. The molecule has 0 aliphatic carbocycles. The lowest BCUT2D eigenvalue weighted by Gasteiger charge is -2.11. The van der Waals surface area contributed by atoms with E-state index in [0.717, 1.165) is 11.1 Å². The molecule has 0 bridgehead atoms. The second kappa shape index (κ2) is 12.3. The Bertz CT molecular complexity index is 1180. The van der Waals surface area contributed by atoms with Crippen molar-refractivity contribution in [1.29, 1.82) is 0 Å². The number of nitrogens with one attached hydrogen (secondary N) is 2. The predicted molar refractivity (Wildman–Crippen MR) is 132 cm³/mol. The van der Waals surface area contributed by atoms with Gasteiger partial charge < -0.3 is 14.8 Å². The zero-order valence-corrected chi connectivity index (χ0v) is 19.9. The van der Waals surface area contributed by atoms with Crippen LogP contribution in [0, 0.1) is 5.82 Å². The number of nitrogens with zero attached hydrogens (tertiary/aromatic N) is 1. The summed E-state index contributed by atoms with van der Waals surface area (Å²) >= 11 is 0. The van der Waals surface area contributed by atoms with E-state index in [0.29, 0.717) is 23.0 Å². The van der Waals surface area contributed by atoms with Crippen molar-refractivity contribution in [2.24, 2.45) is 5.10 Å². The van der Waals surface area contributed by atoms with Gasteiger partial charge in [-0.3, -0.25) is 9.59 Å². The Morgan fingerprint density at radius 1 is 0.943 bits per heavy atom. The SMILES string of the molecule is COc1cc(/C=N\NC(=O)C(=O)NCc2ccc(C(C)C)cc2)ccc1OCc1ccc(F)cc1. The van der Waals surface area contributed by atoms with Crippen LogP contribution in [0.2, 0.25) is 0 Å². The van der Waals surface area contributed by atoms with E-state index in [1.54, 1.807) is 30.3 Å². The maximum absolute atomic E-state index is 13.0. The van der Waals surface area contributed by atoms with Crippen molar-refractivity contribution in [2.45, 2.75) is 32.9 Å². The van der Waals surface area contributed by atoms with E-state index in [1.165, 1.54) is 31.0 Å². The van der Waals surface area contributed by atoms with Gasteiger partial charge in [-0.1, -0.05) is 50.2 Å². The van der Waals surface area contributed by atoms with Crippen LogP contribution in [0.5, 0.6) is 11.5 Å². The van der Waals surface area contributed by atoms with Gasteiger partial charge in [-0.05, 0) is 58.5 Å². The van der Waals surface area contributed by atoms with Gasteiger partial charge in [-0.25, -0.2) is 9.82 Å². The molecule has 7 nitrogen and oxygen atoms in total. The number of hydrogen-bond donors (Lipinski definition) is 2. The number of hydrazone groups is 1. The minimum atomic E-state index is -0.869. The van der Waals surface area contributed by atoms with Crippen molar-refractivity contribution in [3.8, 4) is 11.5 Å². The average molecular weight is 478 g/mol. The van der Waals surface area contributed by atoms with Crippen LogP contribution in [-0.2, 0) is 22.7 Å². The second-order valence-corrected chi connectivity index (χ2v) is 8.10.